The molecule has 0 bridgehead atoms. The molecule has 2 N–H and O–H groups in total. The largest absolute Gasteiger partial charge is 0.363 e. The highest BCUT2D eigenvalue weighted by Gasteiger charge is 2.32. The van der Waals surface area contributed by atoms with Crippen molar-refractivity contribution in [3.63, 3.8) is 0 Å². The first-order valence-corrected chi connectivity index (χ1v) is 7.85. The number of benzene rings is 1. The number of aromatic amines is 2. The van der Waals surface area contributed by atoms with Gasteiger partial charge in [0.15, 0.2) is 0 Å². The van der Waals surface area contributed by atoms with Crippen molar-refractivity contribution in [2.75, 3.05) is 6.54 Å². The average Bonchev–Trinajstić information content (AvgIpc) is 3.31. The Morgan fingerprint density at radius 3 is 2.92 bits per heavy atom. The van der Waals surface area contributed by atoms with Crippen LogP contribution in [0, 0.1) is 10.1 Å². The molecule has 0 aliphatic carbocycles. The van der Waals surface area contributed by atoms with Crippen molar-refractivity contribution in [2.24, 2.45) is 0 Å². The van der Waals surface area contributed by atoms with E-state index in [1.807, 2.05) is 23.2 Å². The first-order chi connectivity index (χ1) is 11.6. The maximum Gasteiger partial charge on any atom is 0.271 e. The molecular weight excluding hydrogens is 308 g/mol. The summed E-state index contributed by atoms with van der Waals surface area (Å²) in [6.45, 7) is 0.710. The summed E-state index contributed by atoms with van der Waals surface area (Å²) in [6.07, 6.45) is 5.39. The van der Waals surface area contributed by atoms with Gasteiger partial charge >= 0.3 is 0 Å². The maximum atomic E-state index is 13.0. The Morgan fingerprint density at radius 1 is 1.29 bits per heavy atom. The van der Waals surface area contributed by atoms with Crippen LogP contribution in [0.3, 0.4) is 0 Å². The zero-order valence-corrected chi connectivity index (χ0v) is 12.9. The molecule has 24 heavy (non-hydrogen) atoms. The van der Waals surface area contributed by atoms with Gasteiger partial charge in [-0.25, -0.2) is 0 Å². The fourth-order valence-corrected chi connectivity index (χ4v) is 3.44. The van der Waals surface area contributed by atoms with E-state index in [-0.39, 0.29) is 17.6 Å². The lowest BCUT2D eigenvalue weighted by Gasteiger charge is -2.23. The molecule has 1 fully saturated rings. The number of nitro groups is 1. The van der Waals surface area contributed by atoms with E-state index >= 15 is 0 Å². The number of nitrogens with zero attached hydrogens (tertiary/aromatic N) is 2. The summed E-state index contributed by atoms with van der Waals surface area (Å²) in [4.78, 5) is 31.5. The smallest absolute Gasteiger partial charge is 0.271 e. The van der Waals surface area contributed by atoms with Crippen LogP contribution in [-0.4, -0.2) is 32.2 Å². The Kier molecular flexibility index (Phi) is 3.34. The molecule has 2 aromatic heterocycles. The van der Waals surface area contributed by atoms with Gasteiger partial charge in [0.25, 0.3) is 11.6 Å². The van der Waals surface area contributed by atoms with Crippen LogP contribution in [0.25, 0.3) is 10.9 Å². The number of nitro benzene ring substituents is 1. The van der Waals surface area contributed by atoms with Crippen molar-refractivity contribution in [2.45, 2.75) is 18.9 Å². The molecule has 3 aromatic rings. The molecule has 0 radical (unpaired) electrons. The second-order valence-electron chi connectivity index (χ2n) is 5.97. The van der Waals surface area contributed by atoms with Crippen molar-refractivity contribution in [3.8, 4) is 0 Å². The summed E-state index contributed by atoms with van der Waals surface area (Å²) >= 11 is 0. The van der Waals surface area contributed by atoms with Crippen molar-refractivity contribution >= 4 is 22.5 Å². The topological polar surface area (TPSA) is 95.0 Å². The third-order valence-corrected chi connectivity index (χ3v) is 4.60. The molecule has 1 aliphatic heterocycles. The minimum absolute atomic E-state index is 0.00813. The van der Waals surface area contributed by atoms with Gasteiger partial charge in [-0.05, 0) is 31.0 Å². The van der Waals surface area contributed by atoms with Crippen molar-refractivity contribution in [1.29, 1.82) is 0 Å². The molecule has 4 rings (SSSR count). The quantitative estimate of drug-likeness (QED) is 0.571. The Morgan fingerprint density at radius 2 is 2.17 bits per heavy atom. The van der Waals surface area contributed by atoms with Crippen molar-refractivity contribution in [1.82, 2.24) is 14.9 Å². The molecule has 1 aromatic carbocycles. The second-order valence-corrected chi connectivity index (χ2v) is 5.97. The lowest BCUT2D eigenvalue weighted by Crippen LogP contribution is -2.30. The summed E-state index contributed by atoms with van der Waals surface area (Å²) in [5, 5.41) is 11.6. The Bertz CT molecular complexity index is 913. The molecule has 3 heterocycles. The predicted octanol–water partition coefficient (Wildman–Crippen LogP) is 3.38. The SMILES string of the molecule is O=C(c1c[nH]c2cc([N+](=O)[O-])ccc12)N1CCC[C@@H]1c1ccc[nH]1. The number of H-pyrrole nitrogens is 2. The summed E-state index contributed by atoms with van der Waals surface area (Å²) in [6, 6.07) is 8.50. The van der Waals surface area contributed by atoms with Gasteiger partial charge in [0.1, 0.15) is 0 Å². The van der Waals surface area contributed by atoms with Gasteiger partial charge in [-0.2, -0.15) is 0 Å². The van der Waals surface area contributed by atoms with Crippen LogP contribution in [0.5, 0.6) is 0 Å². The summed E-state index contributed by atoms with van der Waals surface area (Å²) in [7, 11) is 0. The zero-order valence-electron chi connectivity index (χ0n) is 12.9. The van der Waals surface area contributed by atoms with Gasteiger partial charge in [-0.15, -0.1) is 0 Å². The van der Waals surface area contributed by atoms with Crippen molar-refractivity contribution in [3.05, 3.63) is 64.1 Å². The average molecular weight is 324 g/mol. The molecule has 122 valence electrons. The number of amides is 1. The van der Waals surface area contributed by atoms with Gasteiger partial charge in [-0.1, -0.05) is 0 Å². The van der Waals surface area contributed by atoms with E-state index in [9.17, 15) is 14.9 Å². The first kappa shape index (κ1) is 14.5. The van der Waals surface area contributed by atoms with E-state index in [0.717, 1.165) is 18.5 Å². The number of hydrogen-bond acceptors (Lipinski definition) is 3. The molecule has 1 saturated heterocycles. The van der Waals surface area contributed by atoms with E-state index < -0.39 is 4.92 Å². The predicted molar refractivity (Wildman–Crippen MR) is 88.8 cm³/mol. The number of rotatable bonds is 3. The monoisotopic (exact) mass is 324 g/mol. The third kappa shape index (κ3) is 2.25. The number of non-ortho nitro benzene ring substituents is 1. The molecule has 0 unspecified atom stereocenters. The van der Waals surface area contributed by atoms with Gasteiger partial charge in [-0.3, -0.25) is 14.9 Å². The number of carbonyl (C=O) groups is 1. The van der Waals surface area contributed by atoms with Crippen LogP contribution >= 0.6 is 0 Å². The van der Waals surface area contributed by atoms with E-state index in [2.05, 4.69) is 9.97 Å². The van der Waals surface area contributed by atoms with Crippen LogP contribution in [0.2, 0.25) is 0 Å². The number of likely N-dealkylation sites (tertiary alicyclic amines) is 1. The van der Waals surface area contributed by atoms with Gasteiger partial charge in [0.05, 0.1) is 22.0 Å². The minimum Gasteiger partial charge on any atom is -0.363 e. The molecule has 0 saturated carbocycles. The summed E-state index contributed by atoms with van der Waals surface area (Å²) in [5.74, 6) is -0.0489. The molecule has 1 atom stereocenters. The van der Waals surface area contributed by atoms with E-state index in [1.54, 1.807) is 12.3 Å². The van der Waals surface area contributed by atoms with Gasteiger partial charge in [0.2, 0.25) is 0 Å². The third-order valence-electron chi connectivity index (χ3n) is 4.60. The van der Waals surface area contributed by atoms with Crippen molar-refractivity contribution < 1.29 is 9.72 Å². The highest BCUT2D eigenvalue weighted by Crippen LogP contribution is 2.33. The van der Waals surface area contributed by atoms with Crippen LogP contribution in [0.15, 0.2) is 42.7 Å². The molecule has 1 amide bonds. The van der Waals surface area contributed by atoms with E-state index in [4.69, 9.17) is 0 Å². The number of carbonyl (C=O) groups excluding carboxylic acids is 1. The van der Waals surface area contributed by atoms with Crippen LogP contribution in [0.4, 0.5) is 5.69 Å². The Labute approximate surface area is 137 Å². The molecule has 7 heteroatoms. The fraction of sp³-hybridized carbons (Fsp3) is 0.235. The lowest BCUT2D eigenvalue weighted by molar-refractivity contribution is -0.384. The summed E-state index contributed by atoms with van der Waals surface area (Å²) < 4.78 is 0. The normalized spacial score (nSPS) is 17.5. The van der Waals surface area contributed by atoms with Crippen LogP contribution in [-0.2, 0) is 0 Å². The van der Waals surface area contributed by atoms with E-state index in [1.165, 1.54) is 12.1 Å². The first-order valence-electron chi connectivity index (χ1n) is 7.85. The molecular formula is C17H16N4O3. The van der Waals surface area contributed by atoms with E-state index in [0.29, 0.717) is 23.0 Å². The lowest BCUT2D eigenvalue weighted by atomic mass is 10.1. The standard InChI is InChI=1S/C17H16N4O3/c22-17(20-8-2-4-16(20)14-3-1-7-18-14)13-10-19-15-9-11(21(23)24)5-6-12(13)15/h1,3,5-7,9-10,16,18-19H,2,4,8H2/t16-/m1/s1. The van der Waals surface area contributed by atoms with Crippen LogP contribution in [0.1, 0.15) is 34.9 Å². The maximum absolute atomic E-state index is 13.0. The number of fused-ring (bicyclic) bond motifs is 1. The fourth-order valence-electron chi connectivity index (χ4n) is 3.44. The molecule has 7 nitrogen and oxygen atoms in total. The molecule has 0 spiro atoms. The Balaban J connectivity index is 1.69. The zero-order chi connectivity index (χ0) is 16.7. The summed E-state index contributed by atoms with van der Waals surface area (Å²) in [5.41, 5.74) is 2.20. The molecule has 1 aliphatic rings. The van der Waals surface area contributed by atoms with Crippen LogP contribution < -0.4 is 0 Å². The number of nitrogens with one attached hydrogen (secondary N) is 2. The highest BCUT2D eigenvalue weighted by molar-refractivity contribution is 6.07. The highest BCUT2D eigenvalue weighted by atomic mass is 16.6. The van der Waals surface area contributed by atoms with Gasteiger partial charge in [0, 0.05) is 42.2 Å². The number of hydrogen-bond donors (Lipinski definition) is 2. The number of aromatic nitrogens is 2. The second kappa shape index (κ2) is 5.52. The van der Waals surface area contributed by atoms with Gasteiger partial charge < -0.3 is 14.9 Å². The minimum atomic E-state index is -0.441. The Hall–Kier alpha value is -3.09.